The van der Waals surface area contributed by atoms with Crippen LogP contribution >= 0.6 is 28.1 Å². The van der Waals surface area contributed by atoms with Gasteiger partial charge in [0.1, 0.15) is 0 Å². The number of unbranched alkanes of at least 4 members (excludes halogenated alkanes) is 1. The molecule has 0 aliphatic heterocycles. The van der Waals surface area contributed by atoms with Crippen LogP contribution in [0.4, 0.5) is 11.4 Å². The maximum Gasteiger partial charge on any atom is 0.257 e. The molecule has 0 aliphatic carbocycles. The lowest BCUT2D eigenvalue weighted by molar-refractivity contribution is -0.116. The van der Waals surface area contributed by atoms with Crippen LogP contribution in [0.15, 0.2) is 53.0 Å². The molecule has 0 bridgehead atoms. The molecule has 2 amide bonds. The van der Waals surface area contributed by atoms with E-state index in [4.69, 9.17) is 18.0 Å². The number of carbonyl (C=O) groups is 2. The minimum absolute atomic E-state index is 0.0408. The van der Waals surface area contributed by atoms with Gasteiger partial charge in [0.15, 0.2) is 5.11 Å². The monoisotopic (exact) mass is 448 g/mol. The molecule has 0 saturated carbocycles. The number of rotatable bonds is 7. The summed E-state index contributed by atoms with van der Waals surface area (Å²) in [5, 5.41) is 8.59. The van der Waals surface area contributed by atoms with Crippen molar-refractivity contribution in [3.8, 4) is 0 Å². The van der Waals surface area contributed by atoms with Gasteiger partial charge >= 0.3 is 0 Å². The molecule has 0 spiro atoms. The zero-order chi connectivity index (χ0) is 19.6. The van der Waals surface area contributed by atoms with Crippen LogP contribution in [0.3, 0.4) is 0 Å². The van der Waals surface area contributed by atoms with Crippen molar-refractivity contribution in [1.29, 1.82) is 0 Å². The SMILES string of the molecule is NCCCCC(=O)Nc1ccc(NC(=S)NC(=O)c2cccc(Br)c2)cc1. The fourth-order valence-electron chi connectivity index (χ4n) is 2.26. The predicted octanol–water partition coefficient (Wildman–Crippen LogP) is 3.64. The highest BCUT2D eigenvalue weighted by molar-refractivity contribution is 9.10. The van der Waals surface area contributed by atoms with Gasteiger partial charge in [0.2, 0.25) is 5.91 Å². The van der Waals surface area contributed by atoms with Crippen LogP contribution < -0.4 is 21.7 Å². The molecule has 0 unspecified atom stereocenters. The third kappa shape index (κ3) is 7.46. The van der Waals surface area contributed by atoms with Crippen molar-refractivity contribution in [2.75, 3.05) is 17.2 Å². The van der Waals surface area contributed by atoms with Gasteiger partial charge in [-0.1, -0.05) is 22.0 Å². The molecule has 0 atom stereocenters. The minimum atomic E-state index is -0.296. The summed E-state index contributed by atoms with van der Waals surface area (Å²) in [5.74, 6) is -0.337. The molecule has 8 heteroatoms. The van der Waals surface area contributed by atoms with E-state index < -0.39 is 0 Å². The van der Waals surface area contributed by atoms with Gasteiger partial charge in [-0.05, 0) is 74.1 Å². The van der Waals surface area contributed by atoms with Gasteiger partial charge in [-0.15, -0.1) is 0 Å². The number of nitrogens with two attached hydrogens (primary N) is 1. The van der Waals surface area contributed by atoms with Gasteiger partial charge in [-0.3, -0.25) is 14.9 Å². The van der Waals surface area contributed by atoms with Crippen molar-refractivity contribution in [2.24, 2.45) is 5.73 Å². The first-order chi connectivity index (χ1) is 13.0. The number of carbonyl (C=O) groups excluding carboxylic acids is 2. The summed E-state index contributed by atoms with van der Waals surface area (Å²) in [7, 11) is 0. The van der Waals surface area contributed by atoms with Crippen molar-refractivity contribution in [3.63, 3.8) is 0 Å². The maximum absolute atomic E-state index is 12.2. The van der Waals surface area contributed by atoms with E-state index in [0.717, 1.165) is 17.3 Å². The van der Waals surface area contributed by atoms with Crippen LogP contribution in [0.2, 0.25) is 0 Å². The molecule has 2 aromatic carbocycles. The molecule has 0 aliphatic rings. The lowest BCUT2D eigenvalue weighted by Gasteiger charge is -2.11. The fourth-order valence-corrected chi connectivity index (χ4v) is 2.87. The molecular weight excluding hydrogens is 428 g/mol. The first kappa shape index (κ1) is 21.0. The number of halogens is 1. The minimum Gasteiger partial charge on any atom is -0.332 e. The van der Waals surface area contributed by atoms with E-state index in [1.807, 2.05) is 6.07 Å². The van der Waals surface area contributed by atoms with E-state index in [-0.39, 0.29) is 16.9 Å². The lowest BCUT2D eigenvalue weighted by atomic mass is 10.2. The van der Waals surface area contributed by atoms with Gasteiger partial charge in [0.05, 0.1) is 0 Å². The average molecular weight is 449 g/mol. The second-order valence-corrected chi connectivity index (χ2v) is 7.11. The smallest absolute Gasteiger partial charge is 0.257 e. The van der Waals surface area contributed by atoms with Gasteiger partial charge in [0, 0.05) is 27.8 Å². The Hall–Kier alpha value is -2.29. The van der Waals surface area contributed by atoms with Crippen LogP contribution in [0.1, 0.15) is 29.6 Å². The van der Waals surface area contributed by atoms with Gasteiger partial charge in [0.25, 0.3) is 5.91 Å². The summed E-state index contributed by atoms with van der Waals surface area (Å²) in [5.41, 5.74) is 7.32. The molecule has 0 fully saturated rings. The van der Waals surface area contributed by atoms with Gasteiger partial charge in [-0.2, -0.15) is 0 Å². The quantitative estimate of drug-likeness (QED) is 0.382. The molecule has 6 nitrogen and oxygen atoms in total. The second-order valence-electron chi connectivity index (χ2n) is 5.79. The fraction of sp³-hybridized carbons (Fsp3) is 0.211. The predicted molar refractivity (Wildman–Crippen MR) is 116 cm³/mol. The van der Waals surface area contributed by atoms with E-state index >= 15 is 0 Å². The summed E-state index contributed by atoms with van der Waals surface area (Å²) in [6.07, 6.45) is 2.05. The lowest BCUT2D eigenvalue weighted by Crippen LogP contribution is -2.34. The van der Waals surface area contributed by atoms with Crippen LogP contribution in [-0.4, -0.2) is 23.5 Å². The Morgan fingerprint density at radius 3 is 2.30 bits per heavy atom. The zero-order valence-electron chi connectivity index (χ0n) is 14.6. The first-order valence-corrected chi connectivity index (χ1v) is 9.66. The number of hydrogen-bond acceptors (Lipinski definition) is 4. The number of amides is 2. The molecule has 2 aromatic rings. The highest BCUT2D eigenvalue weighted by Gasteiger charge is 2.08. The molecular formula is C19H21BrN4O2S. The number of nitrogens with one attached hydrogen (secondary N) is 3. The summed E-state index contributed by atoms with van der Waals surface area (Å²) >= 11 is 8.50. The molecule has 5 N–H and O–H groups in total. The molecule has 0 radical (unpaired) electrons. The molecule has 0 saturated heterocycles. The topological polar surface area (TPSA) is 96.2 Å². The highest BCUT2D eigenvalue weighted by atomic mass is 79.9. The van der Waals surface area contributed by atoms with E-state index in [2.05, 4.69) is 31.9 Å². The highest BCUT2D eigenvalue weighted by Crippen LogP contribution is 2.15. The van der Waals surface area contributed by atoms with Crippen LogP contribution in [0.5, 0.6) is 0 Å². The number of thiocarbonyl (C=S) groups is 1. The maximum atomic E-state index is 12.2. The van der Waals surface area contributed by atoms with Crippen molar-refractivity contribution < 1.29 is 9.59 Å². The van der Waals surface area contributed by atoms with Crippen LogP contribution in [0, 0.1) is 0 Å². The average Bonchev–Trinajstić information content (AvgIpc) is 2.63. The Labute approximate surface area is 172 Å². The van der Waals surface area contributed by atoms with Crippen molar-refractivity contribution in [1.82, 2.24) is 5.32 Å². The van der Waals surface area contributed by atoms with Crippen molar-refractivity contribution >= 4 is 56.4 Å². The van der Waals surface area contributed by atoms with Crippen molar-refractivity contribution in [3.05, 3.63) is 58.6 Å². The molecule has 27 heavy (non-hydrogen) atoms. The van der Waals surface area contributed by atoms with E-state index in [0.29, 0.717) is 29.9 Å². The number of hydrogen-bond donors (Lipinski definition) is 4. The Balaban J connectivity index is 1.84. The number of benzene rings is 2. The van der Waals surface area contributed by atoms with Crippen LogP contribution in [0.25, 0.3) is 0 Å². The van der Waals surface area contributed by atoms with E-state index in [9.17, 15) is 9.59 Å². The standard InChI is InChI=1S/C19H21BrN4O2S/c20-14-5-3-4-13(12-14)18(26)24-19(27)23-16-9-7-15(8-10-16)22-17(25)6-1-2-11-21/h3-5,7-10,12H,1-2,6,11,21H2,(H,22,25)(H2,23,24,26,27). The summed E-state index contributed by atoms with van der Waals surface area (Å²) in [4.78, 5) is 24.0. The van der Waals surface area contributed by atoms with Gasteiger partial charge in [-0.25, -0.2) is 0 Å². The molecule has 0 aromatic heterocycles. The normalized spacial score (nSPS) is 10.1. The first-order valence-electron chi connectivity index (χ1n) is 8.46. The number of anilines is 2. The molecule has 0 heterocycles. The largest absolute Gasteiger partial charge is 0.332 e. The molecule has 142 valence electrons. The summed E-state index contributed by atoms with van der Waals surface area (Å²) < 4.78 is 0.815. The Bertz CT molecular complexity index is 812. The Morgan fingerprint density at radius 2 is 1.67 bits per heavy atom. The van der Waals surface area contributed by atoms with Gasteiger partial charge < -0.3 is 16.4 Å². The third-order valence-corrected chi connectivity index (χ3v) is 4.30. The summed E-state index contributed by atoms with van der Waals surface area (Å²) in [6, 6.07) is 14.1. The Morgan fingerprint density at radius 1 is 1.00 bits per heavy atom. The van der Waals surface area contributed by atoms with E-state index in [1.165, 1.54) is 0 Å². The second kappa shape index (κ2) is 10.8. The molecule has 2 rings (SSSR count). The third-order valence-electron chi connectivity index (χ3n) is 3.60. The summed E-state index contributed by atoms with van der Waals surface area (Å²) in [6.45, 7) is 0.589. The van der Waals surface area contributed by atoms with Crippen molar-refractivity contribution in [2.45, 2.75) is 19.3 Å². The Kier molecular flexibility index (Phi) is 8.38. The zero-order valence-corrected chi connectivity index (χ0v) is 17.0. The van der Waals surface area contributed by atoms with E-state index in [1.54, 1.807) is 42.5 Å². The van der Waals surface area contributed by atoms with Crippen LogP contribution in [-0.2, 0) is 4.79 Å².